The first-order valence-corrected chi connectivity index (χ1v) is 6.26. The summed E-state index contributed by atoms with van der Waals surface area (Å²) >= 11 is 1.00. The zero-order chi connectivity index (χ0) is 14.6. The van der Waals surface area contributed by atoms with Crippen LogP contribution in [0.4, 0.5) is 8.78 Å². The van der Waals surface area contributed by atoms with Crippen molar-refractivity contribution in [3.63, 3.8) is 0 Å². The van der Waals surface area contributed by atoms with E-state index in [2.05, 4.69) is 5.10 Å². The van der Waals surface area contributed by atoms with E-state index in [9.17, 15) is 18.4 Å². The molecule has 1 aromatic carbocycles. The van der Waals surface area contributed by atoms with E-state index in [0.29, 0.717) is 11.1 Å². The number of aryl methyl sites for hydroxylation is 1. The largest absolute Gasteiger partial charge is 0.477 e. The maximum atomic E-state index is 13.3. The number of carboxylic acids is 1. The van der Waals surface area contributed by atoms with Gasteiger partial charge in [0.15, 0.2) is 11.6 Å². The van der Waals surface area contributed by atoms with E-state index >= 15 is 0 Å². The van der Waals surface area contributed by atoms with Crippen molar-refractivity contribution in [1.29, 1.82) is 0 Å². The van der Waals surface area contributed by atoms with Crippen LogP contribution < -0.4 is 5.43 Å². The van der Waals surface area contributed by atoms with Gasteiger partial charge in [-0.15, -0.1) is 0 Å². The van der Waals surface area contributed by atoms with Crippen LogP contribution >= 0.6 is 11.3 Å². The molecule has 0 aliphatic rings. The van der Waals surface area contributed by atoms with Gasteiger partial charge in [0.1, 0.15) is 15.4 Å². The van der Waals surface area contributed by atoms with Gasteiger partial charge in [-0.25, -0.2) is 18.1 Å². The molecule has 0 unspecified atom stereocenters. The van der Waals surface area contributed by atoms with Gasteiger partial charge in [0, 0.05) is 6.07 Å². The van der Waals surface area contributed by atoms with Crippen molar-refractivity contribution in [1.82, 2.24) is 9.61 Å². The minimum Gasteiger partial charge on any atom is -0.477 e. The molecule has 0 aliphatic carbocycles. The number of hydrogen-bond acceptors (Lipinski definition) is 4. The molecule has 5 nitrogen and oxygen atoms in total. The number of carbonyl (C=O) groups is 1. The highest BCUT2D eigenvalue weighted by molar-refractivity contribution is 7.17. The van der Waals surface area contributed by atoms with Crippen molar-refractivity contribution < 1.29 is 18.7 Å². The van der Waals surface area contributed by atoms with Crippen LogP contribution in [0.3, 0.4) is 0 Å². The highest BCUT2D eigenvalue weighted by Gasteiger charge is 2.21. The van der Waals surface area contributed by atoms with Crippen LogP contribution in [0.1, 0.15) is 15.4 Å². The van der Waals surface area contributed by atoms with Crippen LogP contribution in [-0.4, -0.2) is 20.7 Å². The van der Waals surface area contributed by atoms with Gasteiger partial charge in [-0.2, -0.15) is 5.10 Å². The summed E-state index contributed by atoms with van der Waals surface area (Å²) in [6.45, 7) is 1.62. The maximum absolute atomic E-state index is 13.3. The normalized spacial score (nSPS) is 11.3. The fourth-order valence-electron chi connectivity index (χ4n) is 2.02. The minimum atomic E-state index is -1.43. The third kappa shape index (κ3) is 1.61. The van der Waals surface area contributed by atoms with Crippen LogP contribution in [0.25, 0.3) is 15.7 Å². The molecule has 0 fully saturated rings. The topological polar surface area (TPSA) is 71.7 Å². The number of pyridine rings is 1. The van der Waals surface area contributed by atoms with Crippen LogP contribution in [0, 0.1) is 18.6 Å². The molecule has 2 heterocycles. The number of nitrogens with zero attached hydrogens (tertiary/aromatic N) is 2. The monoisotopic (exact) mass is 296 g/mol. The number of aromatic nitrogens is 2. The average Bonchev–Trinajstić information content (AvgIpc) is 2.73. The lowest BCUT2D eigenvalue weighted by Gasteiger charge is -2.04. The summed E-state index contributed by atoms with van der Waals surface area (Å²) in [5.74, 6) is -3.76. The first kappa shape index (κ1) is 12.7. The maximum Gasteiger partial charge on any atom is 0.342 e. The molecule has 3 rings (SSSR count). The SMILES string of the molecule is Cc1nn2c(s1)c(C(=O)O)c(=O)c1cc(F)c(F)cc12. The molecule has 0 radical (unpaired) electrons. The number of fused-ring (bicyclic) bond motifs is 3. The molecule has 0 bridgehead atoms. The third-order valence-electron chi connectivity index (χ3n) is 2.84. The Balaban J connectivity index is 2.69. The van der Waals surface area contributed by atoms with Gasteiger partial charge in [0.25, 0.3) is 0 Å². The second kappa shape index (κ2) is 4.07. The zero-order valence-electron chi connectivity index (χ0n) is 9.98. The fraction of sp³-hybridized carbons (Fsp3) is 0.0833. The predicted molar refractivity (Wildman–Crippen MR) is 68.5 cm³/mol. The number of aromatic carboxylic acids is 1. The Labute approximate surface area is 113 Å². The van der Waals surface area contributed by atoms with Crippen molar-refractivity contribution in [3.05, 3.63) is 44.6 Å². The van der Waals surface area contributed by atoms with Crippen LogP contribution in [0.5, 0.6) is 0 Å². The average molecular weight is 296 g/mol. The Morgan fingerprint density at radius 3 is 2.65 bits per heavy atom. The number of benzene rings is 1. The summed E-state index contributed by atoms with van der Waals surface area (Å²) in [5.41, 5.74) is -1.30. The Morgan fingerprint density at radius 1 is 1.35 bits per heavy atom. The van der Waals surface area contributed by atoms with Crippen molar-refractivity contribution in [2.24, 2.45) is 0 Å². The van der Waals surface area contributed by atoms with Gasteiger partial charge in [0.2, 0.25) is 5.43 Å². The smallest absolute Gasteiger partial charge is 0.342 e. The first-order chi connectivity index (χ1) is 9.40. The van der Waals surface area contributed by atoms with Gasteiger partial charge in [0.05, 0.1) is 10.9 Å². The van der Waals surface area contributed by atoms with Crippen LogP contribution in [0.15, 0.2) is 16.9 Å². The Bertz CT molecular complexity index is 945. The van der Waals surface area contributed by atoms with Gasteiger partial charge in [-0.1, -0.05) is 11.3 Å². The Hall–Kier alpha value is -2.35. The fourth-order valence-corrected chi connectivity index (χ4v) is 2.93. The standard InChI is InChI=1S/C12H6F2N2O3S/c1-4-15-16-8-3-7(14)6(13)2-5(8)10(17)9(12(18)19)11(16)20-4/h2-3H,1H3,(H,18,19). The van der Waals surface area contributed by atoms with Crippen molar-refractivity contribution in [2.75, 3.05) is 0 Å². The van der Waals surface area contributed by atoms with Gasteiger partial charge >= 0.3 is 5.97 Å². The van der Waals surface area contributed by atoms with E-state index in [0.717, 1.165) is 21.9 Å². The molecule has 2 aromatic heterocycles. The molecule has 102 valence electrons. The quantitative estimate of drug-likeness (QED) is 0.747. The molecule has 3 aromatic rings. The van der Waals surface area contributed by atoms with Gasteiger partial charge in [-0.3, -0.25) is 4.79 Å². The molecule has 0 amide bonds. The second-order valence-electron chi connectivity index (χ2n) is 4.13. The molecular formula is C12H6F2N2O3S. The summed E-state index contributed by atoms with van der Waals surface area (Å²) < 4.78 is 27.8. The lowest BCUT2D eigenvalue weighted by molar-refractivity contribution is 0.0697. The third-order valence-corrected chi connectivity index (χ3v) is 3.79. The highest BCUT2D eigenvalue weighted by Crippen LogP contribution is 2.23. The summed E-state index contributed by atoms with van der Waals surface area (Å²) in [7, 11) is 0. The molecule has 0 atom stereocenters. The summed E-state index contributed by atoms with van der Waals surface area (Å²) in [6, 6.07) is 1.53. The van der Waals surface area contributed by atoms with Crippen LogP contribution in [-0.2, 0) is 0 Å². The molecule has 0 saturated carbocycles. The zero-order valence-corrected chi connectivity index (χ0v) is 10.8. The summed E-state index contributed by atoms with van der Waals surface area (Å²) in [6.07, 6.45) is 0. The molecule has 0 aliphatic heterocycles. The van der Waals surface area contributed by atoms with E-state index < -0.39 is 28.6 Å². The number of carboxylic acid groups (broad SMARTS) is 1. The molecular weight excluding hydrogens is 290 g/mol. The predicted octanol–water partition coefficient (Wildman–Crippen LogP) is 2.19. The Kier molecular flexibility index (Phi) is 2.58. The van der Waals surface area contributed by atoms with E-state index in [4.69, 9.17) is 5.11 Å². The highest BCUT2D eigenvalue weighted by atomic mass is 32.1. The van der Waals surface area contributed by atoms with Gasteiger partial charge in [-0.05, 0) is 13.0 Å². The first-order valence-electron chi connectivity index (χ1n) is 5.44. The second-order valence-corrected chi connectivity index (χ2v) is 5.31. The van der Waals surface area contributed by atoms with E-state index in [1.165, 1.54) is 0 Å². The van der Waals surface area contributed by atoms with Crippen molar-refractivity contribution in [2.45, 2.75) is 6.92 Å². The van der Waals surface area contributed by atoms with E-state index in [1.807, 2.05) is 0 Å². The molecule has 0 saturated heterocycles. The number of halogens is 2. The van der Waals surface area contributed by atoms with E-state index in [-0.39, 0.29) is 15.7 Å². The summed E-state index contributed by atoms with van der Waals surface area (Å²) in [5, 5.41) is 13.5. The van der Waals surface area contributed by atoms with Gasteiger partial charge < -0.3 is 5.11 Å². The molecule has 0 spiro atoms. The lowest BCUT2D eigenvalue weighted by atomic mass is 10.1. The molecule has 1 N–H and O–H groups in total. The number of rotatable bonds is 1. The molecule has 20 heavy (non-hydrogen) atoms. The summed E-state index contributed by atoms with van der Waals surface area (Å²) in [4.78, 5) is 23.5. The van der Waals surface area contributed by atoms with Crippen molar-refractivity contribution in [3.8, 4) is 0 Å². The van der Waals surface area contributed by atoms with Crippen molar-refractivity contribution >= 4 is 33.0 Å². The number of hydrogen-bond donors (Lipinski definition) is 1. The van der Waals surface area contributed by atoms with E-state index in [1.54, 1.807) is 6.92 Å². The van der Waals surface area contributed by atoms with Crippen LogP contribution in [0.2, 0.25) is 0 Å². The molecule has 8 heteroatoms. The lowest BCUT2D eigenvalue weighted by Crippen LogP contribution is -2.18. The Morgan fingerprint density at radius 2 is 2.00 bits per heavy atom. The minimum absolute atomic E-state index is 0.0400.